The minimum atomic E-state index is -0.238. The van der Waals surface area contributed by atoms with E-state index in [0.717, 1.165) is 22.6 Å². The van der Waals surface area contributed by atoms with Crippen LogP contribution in [-0.4, -0.2) is 21.1 Å². The van der Waals surface area contributed by atoms with Crippen molar-refractivity contribution >= 4 is 49.4 Å². The molecule has 2 aliphatic rings. The quantitative estimate of drug-likeness (QED) is 0.158. The molecule has 10 rings (SSSR count). The summed E-state index contributed by atoms with van der Waals surface area (Å²) in [4.78, 5) is 5.26. The average Bonchev–Trinajstić information content (AvgIpc) is 3.63. The second-order valence-corrected chi connectivity index (χ2v) is 12.6. The number of rotatable bonds is 5. The van der Waals surface area contributed by atoms with Gasteiger partial charge in [0.05, 0.1) is 34.4 Å². The highest BCUT2D eigenvalue weighted by Crippen LogP contribution is 2.40. The predicted octanol–water partition coefficient (Wildman–Crippen LogP) is 7.86. The number of benzene rings is 6. The van der Waals surface area contributed by atoms with Gasteiger partial charge in [-0.25, -0.2) is 4.99 Å². The molecule has 3 unspecified atom stereocenters. The number of nitrogens with one attached hydrogen (secondary N) is 4. The van der Waals surface area contributed by atoms with Crippen LogP contribution < -0.4 is 21.3 Å². The summed E-state index contributed by atoms with van der Waals surface area (Å²) >= 11 is 0. The maximum Gasteiger partial charge on any atom is 0.203 e. The van der Waals surface area contributed by atoms with E-state index in [4.69, 9.17) is 4.99 Å². The molecule has 1 saturated heterocycles. The molecule has 3 atom stereocenters. The van der Waals surface area contributed by atoms with Crippen molar-refractivity contribution in [3.63, 3.8) is 0 Å². The van der Waals surface area contributed by atoms with E-state index in [1.165, 1.54) is 43.7 Å². The molecule has 0 saturated carbocycles. The third-order valence-electron chi connectivity index (χ3n) is 9.84. The molecule has 7 nitrogen and oxygen atoms in total. The van der Waals surface area contributed by atoms with Crippen LogP contribution in [0.1, 0.15) is 29.7 Å². The molecule has 0 amide bonds. The number of para-hydroxylation sites is 3. The van der Waals surface area contributed by atoms with Crippen molar-refractivity contribution in [2.45, 2.75) is 24.8 Å². The Kier molecular flexibility index (Phi) is 6.23. The summed E-state index contributed by atoms with van der Waals surface area (Å²) in [5.41, 5.74) is 8.21. The van der Waals surface area contributed by atoms with Gasteiger partial charge in [0.15, 0.2) is 0 Å². The Morgan fingerprint density at radius 3 is 1.58 bits per heavy atom. The van der Waals surface area contributed by atoms with Gasteiger partial charge in [0.25, 0.3) is 0 Å². The van der Waals surface area contributed by atoms with E-state index in [2.05, 4.69) is 182 Å². The van der Waals surface area contributed by atoms with E-state index in [-0.39, 0.29) is 24.8 Å². The molecule has 0 bridgehead atoms. The molecule has 7 heteroatoms. The molecular formula is C41H33N7. The Balaban J connectivity index is 1.09. The third kappa shape index (κ3) is 4.29. The van der Waals surface area contributed by atoms with E-state index in [9.17, 15) is 0 Å². The van der Waals surface area contributed by atoms with Crippen LogP contribution in [-0.2, 0) is 0 Å². The van der Waals surface area contributed by atoms with Crippen LogP contribution in [0.15, 0.2) is 157 Å². The molecule has 4 heterocycles. The third-order valence-corrected chi connectivity index (χ3v) is 9.84. The molecule has 1 fully saturated rings. The van der Waals surface area contributed by atoms with Gasteiger partial charge in [0.2, 0.25) is 6.29 Å². The summed E-state index contributed by atoms with van der Waals surface area (Å²) in [6, 6.07) is 53.8. The lowest BCUT2D eigenvalue weighted by molar-refractivity contribution is 0.229. The second-order valence-electron chi connectivity index (χ2n) is 12.6. The Morgan fingerprint density at radius 1 is 0.438 bits per heavy atom. The number of hydrogen-bond acceptors (Lipinski definition) is 5. The molecule has 0 radical (unpaired) electrons. The summed E-state index contributed by atoms with van der Waals surface area (Å²) < 4.78 is 4.73. The Morgan fingerprint density at radius 2 is 0.938 bits per heavy atom. The Labute approximate surface area is 277 Å². The number of fused-ring (bicyclic) bond motifs is 6. The molecule has 2 aromatic heterocycles. The van der Waals surface area contributed by atoms with E-state index in [0.29, 0.717) is 0 Å². The number of nitrogens with zero attached hydrogens (tertiary/aromatic N) is 3. The highest BCUT2D eigenvalue weighted by molar-refractivity contribution is 6.18. The van der Waals surface area contributed by atoms with Gasteiger partial charge >= 0.3 is 0 Å². The normalized spacial score (nSPS) is 21.0. The smallest absolute Gasteiger partial charge is 0.203 e. The zero-order chi connectivity index (χ0) is 31.6. The molecule has 48 heavy (non-hydrogen) atoms. The fourth-order valence-electron chi connectivity index (χ4n) is 7.60. The van der Waals surface area contributed by atoms with Crippen LogP contribution in [0.4, 0.5) is 0 Å². The Hall–Kier alpha value is -5.73. The van der Waals surface area contributed by atoms with Crippen LogP contribution in [0.2, 0.25) is 0 Å². The van der Waals surface area contributed by atoms with Crippen molar-refractivity contribution in [1.29, 1.82) is 0 Å². The van der Waals surface area contributed by atoms with Crippen LogP contribution in [0.25, 0.3) is 49.3 Å². The fraction of sp³-hybridized carbons (Fsp3) is 0.0976. The largest absolute Gasteiger partial charge is 0.332 e. The van der Waals surface area contributed by atoms with Gasteiger partial charge in [-0.1, -0.05) is 115 Å². The topological polar surface area (TPSA) is 70.3 Å². The molecule has 8 aromatic rings. The SMILES string of the molecule is c1ccc(C2NC(C3=NC(n4c5ccccc5c5cc6c7ccccc7n(-c7ccccc7)c6cc54)N3)NC(c3ccccc3)N2)cc1. The first-order valence-electron chi connectivity index (χ1n) is 16.5. The Bertz CT molecular complexity index is 2430. The first kappa shape index (κ1) is 27.4. The molecular weight excluding hydrogens is 591 g/mol. The first-order valence-corrected chi connectivity index (χ1v) is 16.5. The van der Waals surface area contributed by atoms with Crippen molar-refractivity contribution < 1.29 is 0 Å². The van der Waals surface area contributed by atoms with Gasteiger partial charge in [-0.3, -0.25) is 16.0 Å². The molecule has 2 aliphatic heterocycles. The molecule has 0 spiro atoms. The first-order chi connectivity index (χ1) is 23.8. The van der Waals surface area contributed by atoms with Gasteiger partial charge in [0, 0.05) is 27.2 Å². The van der Waals surface area contributed by atoms with Gasteiger partial charge in [-0.2, -0.15) is 0 Å². The highest BCUT2D eigenvalue weighted by Gasteiger charge is 2.36. The van der Waals surface area contributed by atoms with Gasteiger partial charge < -0.3 is 14.5 Å². The van der Waals surface area contributed by atoms with Gasteiger partial charge in [-0.05, 0) is 47.5 Å². The lowest BCUT2D eigenvalue weighted by Gasteiger charge is -2.43. The maximum absolute atomic E-state index is 5.26. The summed E-state index contributed by atoms with van der Waals surface area (Å²) in [5, 5.41) is 19.9. The van der Waals surface area contributed by atoms with Crippen molar-refractivity contribution in [3.05, 3.63) is 163 Å². The molecule has 4 N–H and O–H groups in total. The monoisotopic (exact) mass is 623 g/mol. The molecule has 6 aromatic carbocycles. The summed E-state index contributed by atoms with van der Waals surface area (Å²) in [7, 11) is 0. The van der Waals surface area contributed by atoms with Crippen LogP contribution >= 0.6 is 0 Å². The lowest BCUT2D eigenvalue weighted by Crippen LogP contribution is -2.66. The standard InChI is InChI=1S/C41H33N7/c1-4-14-26(15-5-1)37-42-38(27-16-6-2-7-17-27)44-39(43-37)40-45-41(46-40)48-34-23-13-11-21-30(34)32-24-31-29-20-10-12-22-33(29)47(35(31)25-36(32)48)28-18-8-3-9-19-28/h1-25,37-39,41-44H,(H,45,46). The number of aromatic nitrogens is 2. The van der Waals surface area contributed by atoms with Crippen LogP contribution in [0.5, 0.6) is 0 Å². The number of amidine groups is 1. The predicted molar refractivity (Wildman–Crippen MR) is 195 cm³/mol. The number of aliphatic imine (C=N–C) groups is 1. The van der Waals surface area contributed by atoms with E-state index >= 15 is 0 Å². The zero-order valence-corrected chi connectivity index (χ0v) is 26.1. The van der Waals surface area contributed by atoms with E-state index in [1.54, 1.807) is 0 Å². The fourth-order valence-corrected chi connectivity index (χ4v) is 7.60. The second kappa shape index (κ2) is 10.9. The lowest BCUT2D eigenvalue weighted by atomic mass is 10.1. The highest BCUT2D eigenvalue weighted by atomic mass is 15.4. The summed E-state index contributed by atoms with van der Waals surface area (Å²) in [6.45, 7) is 0. The molecule has 0 aliphatic carbocycles. The van der Waals surface area contributed by atoms with Crippen LogP contribution in [0.3, 0.4) is 0 Å². The van der Waals surface area contributed by atoms with Gasteiger partial charge in [-0.15, -0.1) is 0 Å². The van der Waals surface area contributed by atoms with E-state index < -0.39 is 0 Å². The van der Waals surface area contributed by atoms with Crippen LogP contribution in [0, 0.1) is 0 Å². The van der Waals surface area contributed by atoms with Crippen molar-refractivity contribution in [2.24, 2.45) is 4.99 Å². The minimum absolute atomic E-state index is 0.0485. The van der Waals surface area contributed by atoms with Crippen molar-refractivity contribution in [1.82, 2.24) is 30.4 Å². The van der Waals surface area contributed by atoms with Crippen molar-refractivity contribution in [2.75, 3.05) is 0 Å². The minimum Gasteiger partial charge on any atom is -0.332 e. The summed E-state index contributed by atoms with van der Waals surface area (Å²) in [6.07, 6.45) is -0.503. The maximum atomic E-state index is 5.26. The zero-order valence-electron chi connectivity index (χ0n) is 26.1. The number of hydrogen-bond donors (Lipinski definition) is 4. The average molecular weight is 624 g/mol. The van der Waals surface area contributed by atoms with Crippen molar-refractivity contribution in [3.8, 4) is 5.69 Å². The summed E-state index contributed by atoms with van der Waals surface area (Å²) in [5.74, 6) is 0.897. The van der Waals surface area contributed by atoms with Gasteiger partial charge in [0.1, 0.15) is 12.0 Å². The van der Waals surface area contributed by atoms with E-state index in [1.807, 2.05) is 0 Å². The molecule has 232 valence electrons.